The van der Waals surface area contributed by atoms with E-state index in [4.69, 9.17) is 16.3 Å². The van der Waals surface area contributed by atoms with E-state index in [1.54, 1.807) is 7.11 Å². The molecule has 18 heavy (non-hydrogen) atoms. The average Bonchev–Trinajstić information content (AvgIpc) is 2.95. The Kier molecular flexibility index (Phi) is 3.88. The minimum absolute atomic E-state index is 0.332. The number of nitrogens with one attached hydrogen (secondary N) is 1. The van der Waals surface area contributed by atoms with Crippen molar-refractivity contribution in [3.63, 3.8) is 0 Å². The van der Waals surface area contributed by atoms with E-state index in [1.165, 1.54) is 12.0 Å². The molecule has 1 aliphatic carbocycles. The summed E-state index contributed by atoms with van der Waals surface area (Å²) in [6, 6.07) is 6.20. The number of hydrogen-bond acceptors (Lipinski definition) is 2. The second-order valence-corrected chi connectivity index (χ2v) is 6.16. The quantitative estimate of drug-likeness (QED) is 0.869. The van der Waals surface area contributed by atoms with Crippen molar-refractivity contribution in [1.29, 1.82) is 0 Å². The number of ether oxygens (including phenoxy) is 1. The summed E-state index contributed by atoms with van der Waals surface area (Å²) in [6.07, 6.45) is 1.25. The van der Waals surface area contributed by atoms with Crippen LogP contribution in [0.15, 0.2) is 18.2 Å². The molecule has 2 atom stereocenters. The zero-order valence-electron chi connectivity index (χ0n) is 11.6. The van der Waals surface area contributed by atoms with Gasteiger partial charge in [-0.05, 0) is 42.5 Å². The van der Waals surface area contributed by atoms with Crippen molar-refractivity contribution in [2.75, 3.05) is 13.7 Å². The maximum absolute atomic E-state index is 6.13. The first-order chi connectivity index (χ1) is 8.49. The number of methoxy groups -OCH3 is 1. The van der Waals surface area contributed by atoms with E-state index in [-0.39, 0.29) is 0 Å². The van der Waals surface area contributed by atoms with E-state index in [0.29, 0.717) is 17.4 Å². The second-order valence-electron chi connectivity index (χ2n) is 5.72. The Morgan fingerprint density at radius 2 is 2.17 bits per heavy atom. The van der Waals surface area contributed by atoms with Gasteiger partial charge in [-0.1, -0.05) is 32.4 Å². The lowest BCUT2D eigenvalue weighted by Crippen LogP contribution is -2.24. The molecule has 1 fully saturated rings. The van der Waals surface area contributed by atoms with Crippen molar-refractivity contribution in [1.82, 2.24) is 5.32 Å². The van der Waals surface area contributed by atoms with Gasteiger partial charge in [0.2, 0.25) is 0 Å². The summed E-state index contributed by atoms with van der Waals surface area (Å²) >= 11 is 6.13. The molecule has 1 aliphatic rings. The monoisotopic (exact) mass is 267 g/mol. The van der Waals surface area contributed by atoms with Crippen molar-refractivity contribution in [2.24, 2.45) is 11.3 Å². The van der Waals surface area contributed by atoms with Gasteiger partial charge in [0.15, 0.2) is 0 Å². The molecule has 1 N–H and O–H groups in total. The molecule has 0 saturated heterocycles. The van der Waals surface area contributed by atoms with Gasteiger partial charge in [0.05, 0.1) is 7.11 Å². The number of rotatable bonds is 5. The van der Waals surface area contributed by atoms with Crippen LogP contribution in [-0.4, -0.2) is 13.7 Å². The van der Waals surface area contributed by atoms with Gasteiger partial charge in [0.1, 0.15) is 5.75 Å². The van der Waals surface area contributed by atoms with E-state index in [1.807, 2.05) is 18.2 Å². The van der Waals surface area contributed by atoms with Crippen molar-refractivity contribution in [3.8, 4) is 5.75 Å². The molecule has 0 amide bonds. The molecule has 2 unspecified atom stereocenters. The predicted molar refractivity (Wildman–Crippen MR) is 76.3 cm³/mol. The Hall–Kier alpha value is -0.730. The summed E-state index contributed by atoms with van der Waals surface area (Å²) in [5.74, 6) is 1.58. The lowest BCUT2D eigenvalue weighted by atomic mass is 9.96. The molecule has 3 heteroatoms. The first-order valence-corrected chi connectivity index (χ1v) is 6.94. The van der Waals surface area contributed by atoms with Crippen LogP contribution in [0.3, 0.4) is 0 Å². The molecule has 1 aromatic carbocycles. The van der Waals surface area contributed by atoms with Crippen molar-refractivity contribution in [2.45, 2.75) is 33.2 Å². The molecule has 0 radical (unpaired) electrons. The van der Waals surface area contributed by atoms with Crippen LogP contribution in [0.2, 0.25) is 5.02 Å². The van der Waals surface area contributed by atoms with E-state index < -0.39 is 0 Å². The Bertz CT molecular complexity index is 431. The minimum Gasteiger partial charge on any atom is -0.496 e. The lowest BCUT2D eigenvalue weighted by molar-refractivity contribution is 0.378. The summed E-state index contributed by atoms with van der Waals surface area (Å²) in [6.45, 7) is 7.73. The smallest absolute Gasteiger partial charge is 0.123 e. The molecule has 0 bridgehead atoms. The normalized spacial score (nSPS) is 22.6. The van der Waals surface area contributed by atoms with E-state index in [9.17, 15) is 0 Å². The van der Waals surface area contributed by atoms with Crippen LogP contribution in [0.5, 0.6) is 5.75 Å². The molecule has 100 valence electrons. The maximum atomic E-state index is 6.13. The summed E-state index contributed by atoms with van der Waals surface area (Å²) < 4.78 is 5.48. The van der Waals surface area contributed by atoms with Gasteiger partial charge in [0.25, 0.3) is 0 Å². The van der Waals surface area contributed by atoms with E-state index >= 15 is 0 Å². The molecule has 0 heterocycles. The van der Waals surface area contributed by atoms with Crippen LogP contribution < -0.4 is 10.1 Å². The predicted octanol–water partition coefficient (Wildman–Crippen LogP) is 4.05. The molecular weight excluding hydrogens is 246 g/mol. The largest absolute Gasteiger partial charge is 0.496 e. The van der Waals surface area contributed by atoms with Gasteiger partial charge in [-0.25, -0.2) is 0 Å². The van der Waals surface area contributed by atoms with Crippen LogP contribution in [-0.2, 0) is 0 Å². The third-order valence-corrected chi connectivity index (χ3v) is 4.18. The van der Waals surface area contributed by atoms with Crippen LogP contribution in [0.25, 0.3) is 0 Å². The van der Waals surface area contributed by atoms with Crippen LogP contribution >= 0.6 is 11.6 Å². The van der Waals surface area contributed by atoms with E-state index in [0.717, 1.165) is 17.3 Å². The fourth-order valence-electron chi connectivity index (χ4n) is 2.71. The number of halogens is 1. The zero-order valence-corrected chi connectivity index (χ0v) is 12.3. The Balaban J connectivity index is 2.33. The standard InChI is InChI=1S/C15H22ClNO/c1-5-17-14(12-9-15(12,2)3)11-8-10(16)6-7-13(11)18-4/h6-8,12,14,17H,5,9H2,1-4H3. The fraction of sp³-hybridized carbons (Fsp3) is 0.600. The average molecular weight is 268 g/mol. The fourth-order valence-corrected chi connectivity index (χ4v) is 2.89. The molecule has 0 aliphatic heterocycles. The van der Waals surface area contributed by atoms with Gasteiger partial charge in [0, 0.05) is 16.6 Å². The molecule has 1 saturated carbocycles. The Morgan fingerprint density at radius 1 is 1.50 bits per heavy atom. The summed E-state index contributed by atoms with van der Waals surface area (Å²) in [7, 11) is 1.72. The van der Waals surface area contributed by atoms with Gasteiger partial charge >= 0.3 is 0 Å². The Morgan fingerprint density at radius 3 is 2.67 bits per heavy atom. The lowest BCUT2D eigenvalue weighted by Gasteiger charge is -2.22. The summed E-state index contributed by atoms with van der Waals surface area (Å²) in [5.41, 5.74) is 1.60. The number of benzene rings is 1. The number of hydrogen-bond donors (Lipinski definition) is 1. The molecular formula is C15H22ClNO. The molecule has 0 aromatic heterocycles. The zero-order chi connectivity index (χ0) is 13.3. The van der Waals surface area contributed by atoms with Crippen LogP contribution in [0.4, 0.5) is 0 Å². The SMILES string of the molecule is CCNC(c1cc(Cl)ccc1OC)C1CC1(C)C. The van der Waals surface area contributed by atoms with Crippen LogP contribution in [0.1, 0.15) is 38.8 Å². The Labute approximate surface area is 115 Å². The first-order valence-electron chi connectivity index (χ1n) is 6.56. The molecule has 1 aromatic rings. The maximum Gasteiger partial charge on any atom is 0.123 e. The van der Waals surface area contributed by atoms with Crippen molar-refractivity contribution in [3.05, 3.63) is 28.8 Å². The van der Waals surface area contributed by atoms with E-state index in [2.05, 4.69) is 26.1 Å². The first kappa shape index (κ1) is 13.7. The van der Waals surface area contributed by atoms with Gasteiger partial charge in [-0.3, -0.25) is 0 Å². The highest BCUT2D eigenvalue weighted by Gasteiger charge is 2.50. The van der Waals surface area contributed by atoms with Crippen LogP contribution in [0, 0.1) is 11.3 Å². The molecule has 0 spiro atoms. The topological polar surface area (TPSA) is 21.3 Å². The highest BCUT2D eigenvalue weighted by molar-refractivity contribution is 6.30. The minimum atomic E-state index is 0.332. The molecule has 2 nitrogen and oxygen atoms in total. The van der Waals surface area contributed by atoms with Crippen molar-refractivity contribution >= 4 is 11.6 Å². The summed E-state index contributed by atoms with van der Waals surface area (Å²) in [5, 5.41) is 4.35. The van der Waals surface area contributed by atoms with Crippen molar-refractivity contribution < 1.29 is 4.74 Å². The second kappa shape index (κ2) is 5.10. The van der Waals surface area contributed by atoms with Gasteiger partial charge in [-0.2, -0.15) is 0 Å². The summed E-state index contributed by atoms with van der Waals surface area (Å²) in [4.78, 5) is 0. The highest BCUT2D eigenvalue weighted by Crippen LogP contribution is 2.58. The van der Waals surface area contributed by atoms with Gasteiger partial charge in [-0.15, -0.1) is 0 Å². The molecule has 2 rings (SSSR count). The third kappa shape index (κ3) is 2.65. The highest BCUT2D eigenvalue weighted by atomic mass is 35.5. The third-order valence-electron chi connectivity index (χ3n) is 3.94. The van der Waals surface area contributed by atoms with Gasteiger partial charge < -0.3 is 10.1 Å².